The van der Waals surface area contributed by atoms with E-state index in [9.17, 15) is 4.79 Å². The molecule has 5 heteroatoms. The summed E-state index contributed by atoms with van der Waals surface area (Å²) in [7, 11) is 0. The van der Waals surface area contributed by atoms with E-state index in [1.807, 2.05) is 6.92 Å². The van der Waals surface area contributed by atoms with E-state index in [2.05, 4.69) is 10.3 Å². The van der Waals surface area contributed by atoms with Gasteiger partial charge in [0.25, 0.3) is 0 Å². The Kier molecular flexibility index (Phi) is 4.40. The summed E-state index contributed by atoms with van der Waals surface area (Å²) >= 11 is 0. The van der Waals surface area contributed by atoms with Crippen molar-refractivity contribution in [1.29, 1.82) is 0 Å². The molecular formula is C10H15N3O2. The Hall–Kier alpha value is -1.78. The lowest BCUT2D eigenvalue weighted by molar-refractivity contribution is 0.160. The molecular weight excluding hydrogens is 194 g/mol. The molecule has 1 aromatic rings. The molecule has 1 rings (SSSR count). The van der Waals surface area contributed by atoms with E-state index in [4.69, 9.17) is 10.5 Å². The fourth-order valence-electron chi connectivity index (χ4n) is 0.929. The molecule has 3 N–H and O–H groups in total. The van der Waals surface area contributed by atoms with Gasteiger partial charge in [-0.1, -0.05) is 13.3 Å². The van der Waals surface area contributed by atoms with Crippen LogP contribution in [-0.2, 0) is 4.74 Å². The summed E-state index contributed by atoms with van der Waals surface area (Å²) in [6.07, 6.45) is 2.85. The number of amides is 1. The number of ether oxygens (including phenoxy) is 1. The molecule has 0 unspecified atom stereocenters. The molecule has 0 aromatic carbocycles. The average Bonchev–Trinajstić information content (AvgIpc) is 2.22. The molecule has 0 saturated heterocycles. The molecule has 5 nitrogen and oxygen atoms in total. The van der Waals surface area contributed by atoms with Gasteiger partial charge in [0.1, 0.15) is 5.82 Å². The molecule has 15 heavy (non-hydrogen) atoms. The van der Waals surface area contributed by atoms with Crippen LogP contribution in [0.5, 0.6) is 0 Å². The predicted octanol–water partition coefficient (Wildman–Crippen LogP) is 2.01. The maximum Gasteiger partial charge on any atom is 0.412 e. The van der Waals surface area contributed by atoms with Gasteiger partial charge in [0.2, 0.25) is 0 Å². The summed E-state index contributed by atoms with van der Waals surface area (Å²) in [5.74, 6) is 0.436. The van der Waals surface area contributed by atoms with Gasteiger partial charge < -0.3 is 10.5 Å². The Morgan fingerprint density at radius 3 is 3.00 bits per heavy atom. The smallest absolute Gasteiger partial charge is 0.412 e. The third-order valence-electron chi connectivity index (χ3n) is 1.75. The van der Waals surface area contributed by atoms with Crippen LogP contribution in [0.1, 0.15) is 19.8 Å². The van der Waals surface area contributed by atoms with E-state index in [1.54, 1.807) is 12.1 Å². The average molecular weight is 209 g/mol. The van der Waals surface area contributed by atoms with Crippen molar-refractivity contribution in [1.82, 2.24) is 4.98 Å². The van der Waals surface area contributed by atoms with Gasteiger partial charge in [-0.05, 0) is 18.6 Å². The number of nitrogens with one attached hydrogen (secondary N) is 1. The number of anilines is 2. The molecule has 0 aliphatic carbocycles. The van der Waals surface area contributed by atoms with Gasteiger partial charge in [-0.2, -0.15) is 0 Å². The number of hydrogen-bond acceptors (Lipinski definition) is 4. The van der Waals surface area contributed by atoms with E-state index in [1.165, 1.54) is 6.20 Å². The Bertz CT molecular complexity index is 311. The van der Waals surface area contributed by atoms with Crippen LogP contribution in [0.15, 0.2) is 18.3 Å². The molecule has 0 spiro atoms. The molecule has 0 saturated carbocycles. The van der Waals surface area contributed by atoms with Crippen LogP contribution in [0.4, 0.5) is 16.3 Å². The second kappa shape index (κ2) is 5.85. The molecule has 0 radical (unpaired) electrons. The minimum absolute atomic E-state index is 0.428. The highest BCUT2D eigenvalue weighted by Gasteiger charge is 2.02. The predicted molar refractivity (Wildman–Crippen MR) is 58.5 cm³/mol. The lowest BCUT2D eigenvalue weighted by Crippen LogP contribution is -2.15. The van der Waals surface area contributed by atoms with Crippen LogP contribution < -0.4 is 11.1 Å². The molecule has 0 atom stereocenters. The maximum absolute atomic E-state index is 11.2. The minimum atomic E-state index is -0.485. The summed E-state index contributed by atoms with van der Waals surface area (Å²) in [5.41, 5.74) is 6.00. The first-order valence-corrected chi connectivity index (χ1v) is 4.87. The lowest BCUT2D eigenvalue weighted by atomic mass is 10.4. The number of rotatable bonds is 4. The Balaban J connectivity index is 2.34. The number of carbonyl (C=O) groups is 1. The Morgan fingerprint density at radius 1 is 1.60 bits per heavy atom. The van der Waals surface area contributed by atoms with E-state index in [0.717, 1.165) is 12.8 Å². The van der Waals surface area contributed by atoms with E-state index in [-0.39, 0.29) is 0 Å². The number of aromatic nitrogens is 1. The number of nitrogens with zero attached hydrogens (tertiary/aromatic N) is 1. The maximum atomic E-state index is 11.2. The third kappa shape index (κ3) is 4.30. The van der Waals surface area contributed by atoms with Gasteiger partial charge in [-0.15, -0.1) is 0 Å². The molecule has 0 aliphatic rings. The molecule has 0 aliphatic heterocycles. The first kappa shape index (κ1) is 11.3. The van der Waals surface area contributed by atoms with Crippen molar-refractivity contribution in [3.8, 4) is 0 Å². The van der Waals surface area contributed by atoms with Crippen molar-refractivity contribution in [3.63, 3.8) is 0 Å². The molecule has 1 aromatic heterocycles. The third-order valence-corrected chi connectivity index (χ3v) is 1.75. The number of nitrogen functional groups attached to an aromatic ring is 1. The van der Waals surface area contributed by atoms with Crippen molar-refractivity contribution >= 4 is 17.6 Å². The fourth-order valence-corrected chi connectivity index (χ4v) is 0.929. The van der Waals surface area contributed by atoms with Gasteiger partial charge in [0.15, 0.2) is 0 Å². The van der Waals surface area contributed by atoms with E-state index in [0.29, 0.717) is 18.1 Å². The number of carbonyl (C=O) groups excluding carboxylic acids is 1. The fraction of sp³-hybridized carbons (Fsp3) is 0.400. The SMILES string of the molecule is CCCCOC(=O)Nc1ccc(N)cn1. The number of hydrogen-bond donors (Lipinski definition) is 2. The second-order valence-corrected chi connectivity index (χ2v) is 3.09. The van der Waals surface area contributed by atoms with E-state index < -0.39 is 6.09 Å². The zero-order valence-corrected chi connectivity index (χ0v) is 8.69. The highest BCUT2D eigenvalue weighted by Crippen LogP contribution is 2.06. The first-order chi connectivity index (χ1) is 7.22. The molecule has 1 heterocycles. The molecule has 82 valence electrons. The van der Waals surface area contributed by atoms with Crippen LogP contribution >= 0.6 is 0 Å². The highest BCUT2D eigenvalue weighted by atomic mass is 16.5. The first-order valence-electron chi connectivity index (χ1n) is 4.87. The topological polar surface area (TPSA) is 77.2 Å². The summed E-state index contributed by atoms with van der Waals surface area (Å²) in [6, 6.07) is 3.28. The van der Waals surface area contributed by atoms with Gasteiger partial charge in [0, 0.05) is 0 Å². The van der Waals surface area contributed by atoms with E-state index >= 15 is 0 Å². The van der Waals surface area contributed by atoms with Crippen LogP contribution in [0.2, 0.25) is 0 Å². The summed E-state index contributed by atoms with van der Waals surface area (Å²) in [6.45, 7) is 2.46. The molecule has 1 amide bonds. The van der Waals surface area contributed by atoms with Gasteiger partial charge in [-0.3, -0.25) is 5.32 Å². The van der Waals surface area contributed by atoms with Crippen LogP contribution in [0, 0.1) is 0 Å². The van der Waals surface area contributed by atoms with Gasteiger partial charge >= 0.3 is 6.09 Å². The monoisotopic (exact) mass is 209 g/mol. The zero-order valence-electron chi connectivity index (χ0n) is 8.69. The zero-order chi connectivity index (χ0) is 11.1. The van der Waals surface area contributed by atoms with Crippen molar-refractivity contribution in [2.45, 2.75) is 19.8 Å². The van der Waals surface area contributed by atoms with Gasteiger partial charge in [-0.25, -0.2) is 9.78 Å². The van der Waals surface area contributed by atoms with Crippen molar-refractivity contribution in [2.75, 3.05) is 17.7 Å². The van der Waals surface area contributed by atoms with Crippen LogP contribution in [-0.4, -0.2) is 17.7 Å². The van der Waals surface area contributed by atoms with Crippen LogP contribution in [0.3, 0.4) is 0 Å². The van der Waals surface area contributed by atoms with Crippen molar-refractivity contribution < 1.29 is 9.53 Å². The standard InChI is InChI=1S/C10H15N3O2/c1-2-3-6-15-10(14)13-9-5-4-8(11)7-12-9/h4-5,7H,2-3,6,11H2,1H3,(H,12,13,14). The highest BCUT2D eigenvalue weighted by molar-refractivity contribution is 5.83. The second-order valence-electron chi connectivity index (χ2n) is 3.09. The summed E-state index contributed by atoms with van der Waals surface area (Å²) < 4.78 is 4.90. The minimum Gasteiger partial charge on any atom is -0.449 e. The molecule has 0 fully saturated rings. The Labute approximate surface area is 88.6 Å². The number of nitrogens with two attached hydrogens (primary N) is 1. The largest absolute Gasteiger partial charge is 0.449 e. The number of pyridine rings is 1. The number of unbranched alkanes of at least 4 members (excludes halogenated alkanes) is 1. The Morgan fingerprint density at radius 2 is 2.40 bits per heavy atom. The quantitative estimate of drug-likeness (QED) is 0.743. The lowest BCUT2D eigenvalue weighted by Gasteiger charge is -2.05. The summed E-state index contributed by atoms with van der Waals surface area (Å²) in [4.78, 5) is 15.1. The molecule has 0 bridgehead atoms. The van der Waals surface area contributed by atoms with Crippen molar-refractivity contribution in [3.05, 3.63) is 18.3 Å². The van der Waals surface area contributed by atoms with Crippen LogP contribution in [0.25, 0.3) is 0 Å². The summed E-state index contributed by atoms with van der Waals surface area (Å²) in [5, 5.41) is 2.50. The van der Waals surface area contributed by atoms with Gasteiger partial charge in [0.05, 0.1) is 18.5 Å². The van der Waals surface area contributed by atoms with Crippen molar-refractivity contribution in [2.24, 2.45) is 0 Å². The normalized spacial score (nSPS) is 9.67.